The third-order valence-electron chi connectivity index (χ3n) is 4.38. The van der Waals surface area contributed by atoms with Crippen LogP contribution in [-0.4, -0.2) is 55.0 Å². The first-order chi connectivity index (χ1) is 13.9. The number of para-hydroxylation sites is 1. The normalized spacial score (nSPS) is 11.0. The van der Waals surface area contributed by atoms with Crippen molar-refractivity contribution in [2.75, 3.05) is 39.2 Å². The Hall–Kier alpha value is -3.04. The molecule has 0 radical (unpaired) electrons. The molecule has 1 heterocycles. The largest absolute Gasteiger partial charge is 0.497 e. The van der Waals surface area contributed by atoms with Gasteiger partial charge in [-0.05, 0) is 45.3 Å². The molecule has 9 heteroatoms. The van der Waals surface area contributed by atoms with Crippen LogP contribution in [0.4, 0.5) is 10.8 Å². The number of nitrogens with zero attached hydrogens (tertiary/aromatic N) is 4. The first kappa shape index (κ1) is 20.7. The second kappa shape index (κ2) is 8.97. The van der Waals surface area contributed by atoms with E-state index in [9.17, 15) is 14.9 Å². The summed E-state index contributed by atoms with van der Waals surface area (Å²) < 4.78 is 6.16. The summed E-state index contributed by atoms with van der Waals surface area (Å²) in [7, 11) is 5.50. The van der Waals surface area contributed by atoms with Gasteiger partial charge in [0, 0.05) is 18.7 Å². The van der Waals surface area contributed by atoms with E-state index in [2.05, 4.69) is 4.98 Å². The highest BCUT2D eigenvalue weighted by Crippen LogP contribution is 2.33. The Balaban J connectivity index is 2.00. The topological polar surface area (TPSA) is 88.8 Å². The summed E-state index contributed by atoms with van der Waals surface area (Å²) in [6, 6.07) is 11.5. The third kappa shape index (κ3) is 4.69. The maximum Gasteiger partial charge on any atom is 0.282 e. The van der Waals surface area contributed by atoms with Gasteiger partial charge >= 0.3 is 0 Å². The van der Waals surface area contributed by atoms with Gasteiger partial charge in [0.25, 0.3) is 11.6 Å². The van der Waals surface area contributed by atoms with E-state index in [4.69, 9.17) is 4.74 Å². The van der Waals surface area contributed by atoms with E-state index in [1.165, 1.54) is 28.4 Å². The molecule has 0 fully saturated rings. The van der Waals surface area contributed by atoms with Gasteiger partial charge in [-0.2, -0.15) is 0 Å². The Kier molecular flexibility index (Phi) is 6.40. The molecule has 0 saturated heterocycles. The van der Waals surface area contributed by atoms with Crippen molar-refractivity contribution in [1.29, 1.82) is 0 Å². The molecule has 1 aromatic heterocycles. The molecule has 0 spiro atoms. The van der Waals surface area contributed by atoms with Gasteiger partial charge in [0.05, 0.1) is 22.2 Å². The molecule has 3 rings (SSSR count). The number of nitro benzene ring substituents is 1. The number of nitro groups is 1. The maximum atomic E-state index is 13.3. The lowest BCUT2D eigenvalue weighted by molar-refractivity contribution is -0.385. The van der Waals surface area contributed by atoms with Crippen LogP contribution < -0.4 is 9.64 Å². The van der Waals surface area contributed by atoms with E-state index >= 15 is 0 Å². The van der Waals surface area contributed by atoms with Gasteiger partial charge in [0.1, 0.15) is 11.3 Å². The van der Waals surface area contributed by atoms with Crippen LogP contribution in [0.5, 0.6) is 5.75 Å². The van der Waals surface area contributed by atoms with Crippen LogP contribution in [0.3, 0.4) is 0 Å². The zero-order valence-corrected chi connectivity index (χ0v) is 17.3. The summed E-state index contributed by atoms with van der Waals surface area (Å²) >= 11 is 1.38. The van der Waals surface area contributed by atoms with Gasteiger partial charge in [-0.25, -0.2) is 4.98 Å². The van der Waals surface area contributed by atoms with Crippen molar-refractivity contribution in [1.82, 2.24) is 9.88 Å². The maximum absolute atomic E-state index is 13.3. The lowest BCUT2D eigenvalue weighted by atomic mass is 10.1. The highest BCUT2D eigenvalue weighted by atomic mass is 32.1. The van der Waals surface area contributed by atoms with Crippen molar-refractivity contribution in [3.63, 3.8) is 0 Å². The zero-order valence-electron chi connectivity index (χ0n) is 16.5. The van der Waals surface area contributed by atoms with Crippen LogP contribution in [-0.2, 0) is 0 Å². The van der Waals surface area contributed by atoms with Gasteiger partial charge in [0.2, 0.25) is 0 Å². The molecule has 0 aliphatic heterocycles. The minimum atomic E-state index is -0.533. The molecule has 29 heavy (non-hydrogen) atoms. The average Bonchev–Trinajstić information content (AvgIpc) is 3.13. The van der Waals surface area contributed by atoms with E-state index in [0.717, 1.165) is 16.8 Å². The van der Waals surface area contributed by atoms with Crippen LogP contribution in [0, 0.1) is 10.1 Å². The number of rotatable bonds is 8. The third-order valence-corrected chi connectivity index (χ3v) is 5.44. The van der Waals surface area contributed by atoms with E-state index in [1.807, 2.05) is 37.2 Å². The highest BCUT2D eigenvalue weighted by Gasteiger charge is 2.27. The van der Waals surface area contributed by atoms with Gasteiger partial charge < -0.3 is 9.64 Å². The SMILES string of the molecule is COc1ccc2sc(N(CCCN(C)C)C(=O)c3ccccc3[N+](=O)[O-])nc2c1. The first-order valence-corrected chi connectivity index (χ1v) is 9.87. The number of methoxy groups -OCH3 is 1. The van der Waals surface area contributed by atoms with Crippen molar-refractivity contribution in [2.45, 2.75) is 6.42 Å². The fraction of sp³-hybridized carbons (Fsp3) is 0.300. The molecule has 152 valence electrons. The van der Waals surface area contributed by atoms with E-state index in [1.54, 1.807) is 19.2 Å². The average molecular weight is 414 g/mol. The summed E-state index contributed by atoms with van der Waals surface area (Å²) in [5.74, 6) is 0.251. The van der Waals surface area contributed by atoms with Crippen LogP contribution in [0.1, 0.15) is 16.8 Å². The molecular formula is C20H22N4O4S. The molecule has 0 bridgehead atoms. The predicted octanol–water partition coefficient (Wildman–Crippen LogP) is 3.81. The Morgan fingerprint density at radius 1 is 1.21 bits per heavy atom. The summed E-state index contributed by atoms with van der Waals surface area (Å²) in [4.78, 5) is 32.3. The number of anilines is 1. The van der Waals surface area contributed by atoms with Crippen LogP contribution in [0.15, 0.2) is 42.5 Å². The summed E-state index contributed by atoms with van der Waals surface area (Å²) in [5.41, 5.74) is 0.564. The molecular weight excluding hydrogens is 392 g/mol. The molecule has 1 amide bonds. The molecule has 2 aromatic carbocycles. The number of carbonyl (C=O) groups is 1. The Bertz CT molecular complexity index is 1030. The molecule has 0 saturated carbocycles. The van der Waals surface area contributed by atoms with E-state index in [-0.39, 0.29) is 11.3 Å². The highest BCUT2D eigenvalue weighted by molar-refractivity contribution is 7.22. The van der Waals surface area contributed by atoms with Gasteiger partial charge in [-0.1, -0.05) is 23.5 Å². The van der Waals surface area contributed by atoms with E-state index in [0.29, 0.717) is 23.8 Å². The Morgan fingerprint density at radius 2 is 1.97 bits per heavy atom. The number of fused-ring (bicyclic) bond motifs is 1. The van der Waals surface area contributed by atoms with Crippen molar-refractivity contribution < 1.29 is 14.5 Å². The summed E-state index contributed by atoms with van der Waals surface area (Å²) in [6.45, 7) is 1.18. The molecule has 0 N–H and O–H groups in total. The van der Waals surface area contributed by atoms with E-state index < -0.39 is 10.8 Å². The second-order valence-electron chi connectivity index (χ2n) is 6.72. The molecule has 0 unspecified atom stereocenters. The number of amides is 1. The second-order valence-corrected chi connectivity index (χ2v) is 7.73. The van der Waals surface area contributed by atoms with Gasteiger partial charge in [-0.3, -0.25) is 19.8 Å². The van der Waals surface area contributed by atoms with Crippen LogP contribution in [0.2, 0.25) is 0 Å². The number of thiazole rings is 1. The fourth-order valence-electron chi connectivity index (χ4n) is 2.93. The lowest BCUT2D eigenvalue weighted by Crippen LogP contribution is -2.33. The van der Waals surface area contributed by atoms with Gasteiger partial charge in [-0.15, -0.1) is 0 Å². The number of benzene rings is 2. The monoisotopic (exact) mass is 414 g/mol. The molecule has 3 aromatic rings. The lowest BCUT2D eigenvalue weighted by Gasteiger charge is -2.21. The molecule has 0 aliphatic rings. The quantitative estimate of drug-likeness (QED) is 0.411. The van der Waals surface area contributed by atoms with Crippen molar-refractivity contribution >= 4 is 38.3 Å². The number of carbonyl (C=O) groups excluding carboxylic acids is 1. The van der Waals surface area contributed by atoms with Crippen LogP contribution >= 0.6 is 11.3 Å². The Morgan fingerprint density at radius 3 is 2.66 bits per heavy atom. The predicted molar refractivity (Wildman–Crippen MR) is 114 cm³/mol. The number of ether oxygens (including phenoxy) is 1. The standard InChI is InChI=1S/C20H22N4O4S/c1-22(2)11-6-12-23(19(25)15-7-4-5-8-17(15)24(26)27)20-21-16-13-14(28-3)9-10-18(16)29-20/h4-5,7-10,13H,6,11-12H2,1-3H3. The number of aromatic nitrogens is 1. The van der Waals surface area contributed by atoms with Crippen molar-refractivity contribution in [3.8, 4) is 5.75 Å². The van der Waals surface area contributed by atoms with Gasteiger partial charge in [0.15, 0.2) is 5.13 Å². The number of hydrogen-bond acceptors (Lipinski definition) is 7. The van der Waals surface area contributed by atoms with Crippen molar-refractivity contribution in [2.24, 2.45) is 0 Å². The van der Waals surface area contributed by atoms with Crippen LogP contribution in [0.25, 0.3) is 10.2 Å². The first-order valence-electron chi connectivity index (χ1n) is 9.05. The molecule has 8 nitrogen and oxygen atoms in total. The smallest absolute Gasteiger partial charge is 0.282 e. The minimum Gasteiger partial charge on any atom is -0.497 e. The van der Waals surface area contributed by atoms with Crippen molar-refractivity contribution in [3.05, 3.63) is 58.1 Å². The summed E-state index contributed by atoms with van der Waals surface area (Å²) in [6.07, 6.45) is 0.707. The number of hydrogen-bond donors (Lipinski definition) is 0. The molecule has 0 atom stereocenters. The molecule has 0 aliphatic carbocycles. The Labute approximate surface area is 172 Å². The fourth-order valence-corrected chi connectivity index (χ4v) is 3.90. The summed E-state index contributed by atoms with van der Waals surface area (Å²) in [5, 5.41) is 11.9. The zero-order chi connectivity index (χ0) is 21.0. The minimum absolute atomic E-state index is 0.0548.